The van der Waals surface area contributed by atoms with Gasteiger partial charge in [-0.15, -0.1) is 0 Å². The zero-order valence-electron chi connectivity index (χ0n) is 10.8. The van der Waals surface area contributed by atoms with E-state index in [1.165, 1.54) is 0 Å². The Morgan fingerprint density at radius 1 is 1.37 bits per heavy atom. The van der Waals surface area contributed by atoms with E-state index in [0.29, 0.717) is 36.6 Å². The molecule has 0 saturated carbocycles. The van der Waals surface area contributed by atoms with Gasteiger partial charge in [-0.25, -0.2) is 4.68 Å². The standard InChI is InChI=1S/C14H16N4O/c1-19-8-7-18-14(16)12(10-15)13(17-18)9-11-5-3-2-4-6-11/h2-6H,7-9,16H2,1H3. The maximum absolute atomic E-state index is 9.20. The predicted molar refractivity (Wildman–Crippen MR) is 72.5 cm³/mol. The molecule has 0 unspecified atom stereocenters. The number of ether oxygens (including phenoxy) is 1. The van der Waals surface area contributed by atoms with Gasteiger partial charge in [-0.2, -0.15) is 10.4 Å². The van der Waals surface area contributed by atoms with Gasteiger partial charge in [-0.1, -0.05) is 30.3 Å². The highest BCUT2D eigenvalue weighted by Crippen LogP contribution is 2.19. The first-order chi connectivity index (χ1) is 9.26. The van der Waals surface area contributed by atoms with Crippen molar-refractivity contribution in [3.8, 4) is 6.07 Å². The fourth-order valence-corrected chi connectivity index (χ4v) is 1.91. The molecule has 2 rings (SSSR count). The summed E-state index contributed by atoms with van der Waals surface area (Å²) in [6, 6.07) is 12.0. The first-order valence-corrected chi connectivity index (χ1v) is 6.04. The molecule has 0 atom stereocenters. The summed E-state index contributed by atoms with van der Waals surface area (Å²) in [5.74, 6) is 0.408. The van der Waals surface area contributed by atoms with Gasteiger partial charge in [0.15, 0.2) is 0 Å². The average molecular weight is 256 g/mol. The lowest BCUT2D eigenvalue weighted by Gasteiger charge is -2.01. The molecule has 0 aliphatic heterocycles. The van der Waals surface area contributed by atoms with Crippen molar-refractivity contribution in [2.45, 2.75) is 13.0 Å². The lowest BCUT2D eigenvalue weighted by Crippen LogP contribution is -2.09. The van der Waals surface area contributed by atoms with Gasteiger partial charge in [-0.3, -0.25) is 0 Å². The zero-order chi connectivity index (χ0) is 13.7. The van der Waals surface area contributed by atoms with Gasteiger partial charge in [0.25, 0.3) is 0 Å². The summed E-state index contributed by atoms with van der Waals surface area (Å²) in [5, 5.41) is 13.6. The van der Waals surface area contributed by atoms with Crippen molar-refractivity contribution in [1.82, 2.24) is 9.78 Å². The van der Waals surface area contributed by atoms with Crippen molar-refractivity contribution in [3.05, 3.63) is 47.2 Å². The molecule has 0 aliphatic rings. The van der Waals surface area contributed by atoms with Crippen molar-refractivity contribution in [2.75, 3.05) is 19.5 Å². The van der Waals surface area contributed by atoms with Crippen LogP contribution in [-0.4, -0.2) is 23.5 Å². The molecule has 2 N–H and O–H groups in total. The van der Waals surface area contributed by atoms with E-state index in [-0.39, 0.29) is 0 Å². The van der Waals surface area contributed by atoms with E-state index in [9.17, 15) is 5.26 Å². The lowest BCUT2D eigenvalue weighted by molar-refractivity contribution is 0.184. The topological polar surface area (TPSA) is 76.9 Å². The van der Waals surface area contributed by atoms with Crippen LogP contribution in [0, 0.1) is 11.3 Å². The molecule has 0 saturated heterocycles. The van der Waals surface area contributed by atoms with E-state index >= 15 is 0 Å². The summed E-state index contributed by atoms with van der Waals surface area (Å²) in [6.07, 6.45) is 0.605. The van der Waals surface area contributed by atoms with Gasteiger partial charge in [0.05, 0.1) is 18.8 Å². The van der Waals surface area contributed by atoms with Gasteiger partial charge < -0.3 is 10.5 Å². The van der Waals surface area contributed by atoms with E-state index in [4.69, 9.17) is 10.5 Å². The molecule has 19 heavy (non-hydrogen) atoms. The number of aromatic nitrogens is 2. The Balaban J connectivity index is 2.27. The van der Waals surface area contributed by atoms with E-state index in [0.717, 1.165) is 5.56 Å². The molecule has 2 aromatic rings. The van der Waals surface area contributed by atoms with Crippen LogP contribution in [0.15, 0.2) is 30.3 Å². The van der Waals surface area contributed by atoms with Crippen LogP contribution in [0.3, 0.4) is 0 Å². The van der Waals surface area contributed by atoms with Gasteiger partial charge >= 0.3 is 0 Å². The highest BCUT2D eigenvalue weighted by Gasteiger charge is 2.15. The monoisotopic (exact) mass is 256 g/mol. The van der Waals surface area contributed by atoms with Crippen molar-refractivity contribution < 1.29 is 4.74 Å². The minimum Gasteiger partial charge on any atom is -0.383 e. The molecule has 98 valence electrons. The average Bonchev–Trinajstić information content (AvgIpc) is 2.73. The number of nitrogen functional groups attached to an aromatic ring is 1. The lowest BCUT2D eigenvalue weighted by atomic mass is 10.1. The molecule has 0 fully saturated rings. The van der Waals surface area contributed by atoms with Crippen LogP contribution in [0.5, 0.6) is 0 Å². The first-order valence-electron chi connectivity index (χ1n) is 6.04. The van der Waals surface area contributed by atoms with E-state index in [1.807, 2.05) is 30.3 Å². The smallest absolute Gasteiger partial charge is 0.140 e. The number of hydrogen-bond acceptors (Lipinski definition) is 4. The van der Waals surface area contributed by atoms with Crippen LogP contribution in [0.4, 0.5) is 5.82 Å². The summed E-state index contributed by atoms with van der Waals surface area (Å²) in [7, 11) is 1.62. The fraction of sp³-hybridized carbons (Fsp3) is 0.286. The minimum absolute atomic E-state index is 0.408. The fourth-order valence-electron chi connectivity index (χ4n) is 1.91. The summed E-state index contributed by atoms with van der Waals surface area (Å²) in [4.78, 5) is 0. The molecule has 1 heterocycles. The molecule has 0 bridgehead atoms. The molecule has 5 heteroatoms. The maximum atomic E-state index is 9.20. The number of nitriles is 1. The van der Waals surface area contributed by atoms with Crippen LogP contribution in [-0.2, 0) is 17.7 Å². The number of nitrogens with two attached hydrogens (primary N) is 1. The maximum Gasteiger partial charge on any atom is 0.140 e. The molecule has 0 amide bonds. The third-order valence-corrected chi connectivity index (χ3v) is 2.90. The summed E-state index contributed by atoms with van der Waals surface area (Å²) in [6.45, 7) is 1.06. The SMILES string of the molecule is COCCn1nc(Cc2ccccc2)c(C#N)c1N. The second-order valence-corrected chi connectivity index (χ2v) is 4.20. The minimum atomic E-state index is 0.408. The largest absolute Gasteiger partial charge is 0.383 e. The van der Waals surface area contributed by atoms with Gasteiger partial charge in [0.1, 0.15) is 17.5 Å². The Labute approximate surface area is 112 Å². The molecule has 0 radical (unpaired) electrons. The van der Waals surface area contributed by atoms with Crippen LogP contribution < -0.4 is 5.73 Å². The summed E-state index contributed by atoms with van der Waals surface area (Å²) in [5.41, 5.74) is 8.21. The molecular weight excluding hydrogens is 240 g/mol. The third-order valence-electron chi connectivity index (χ3n) is 2.90. The molecule has 1 aromatic heterocycles. The number of methoxy groups -OCH3 is 1. The highest BCUT2D eigenvalue weighted by molar-refractivity contribution is 5.53. The van der Waals surface area contributed by atoms with Crippen LogP contribution in [0.25, 0.3) is 0 Å². The number of benzene rings is 1. The van der Waals surface area contributed by atoms with Crippen molar-refractivity contribution in [3.63, 3.8) is 0 Å². The predicted octanol–water partition coefficient (Wildman–Crippen LogP) is 1.57. The Bertz CT molecular complexity index is 583. The zero-order valence-corrected chi connectivity index (χ0v) is 10.8. The molecular formula is C14H16N4O. The van der Waals surface area contributed by atoms with Gasteiger partial charge in [0, 0.05) is 13.5 Å². The number of nitrogens with zero attached hydrogens (tertiary/aromatic N) is 3. The van der Waals surface area contributed by atoms with Crippen LogP contribution in [0.2, 0.25) is 0 Å². The van der Waals surface area contributed by atoms with Crippen LogP contribution >= 0.6 is 0 Å². The quantitative estimate of drug-likeness (QED) is 0.881. The molecule has 0 spiro atoms. The van der Waals surface area contributed by atoms with E-state index in [1.54, 1.807) is 11.8 Å². The van der Waals surface area contributed by atoms with Gasteiger partial charge in [-0.05, 0) is 5.56 Å². The Morgan fingerprint density at radius 2 is 2.11 bits per heavy atom. The molecule has 0 aliphatic carbocycles. The van der Waals surface area contributed by atoms with Gasteiger partial charge in [0.2, 0.25) is 0 Å². The van der Waals surface area contributed by atoms with Crippen molar-refractivity contribution in [1.29, 1.82) is 5.26 Å². The van der Waals surface area contributed by atoms with E-state index in [2.05, 4.69) is 11.2 Å². The summed E-state index contributed by atoms with van der Waals surface area (Å²) >= 11 is 0. The Hall–Kier alpha value is -2.32. The highest BCUT2D eigenvalue weighted by atomic mass is 16.5. The second-order valence-electron chi connectivity index (χ2n) is 4.20. The number of anilines is 1. The third kappa shape index (κ3) is 2.92. The number of rotatable bonds is 5. The Kier molecular flexibility index (Phi) is 4.16. The molecule has 1 aromatic carbocycles. The Morgan fingerprint density at radius 3 is 2.74 bits per heavy atom. The normalized spacial score (nSPS) is 10.3. The second kappa shape index (κ2) is 6.03. The van der Waals surface area contributed by atoms with Crippen molar-refractivity contribution >= 4 is 5.82 Å². The van der Waals surface area contributed by atoms with Crippen molar-refractivity contribution in [2.24, 2.45) is 0 Å². The van der Waals surface area contributed by atoms with Crippen LogP contribution in [0.1, 0.15) is 16.8 Å². The molecule has 5 nitrogen and oxygen atoms in total. The summed E-state index contributed by atoms with van der Waals surface area (Å²) < 4.78 is 6.63. The number of hydrogen-bond donors (Lipinski definition) is 1. The first kappa shape index (κ1) is 13.1. The van der Waals surface area contributed by atoms with E-state index < -0.39 is 0 Å².